The van der Waals surface area contributed by atoms with Crippen LogP contribution in [0.4, 0.5) is 5.69 Å². The first-order valence-electron chi connectivity index (χ1n) is 8.63. The van der Waals surface area contributed by atoms with Gasteiger partial charge >= 0.3 is 5.97 Å². The summed E-state index contributed by atoms with van der Waals surface area (Å²) in [4.78, 5) is 36.9. The van der Waals surface area contributed by atoms with Gasteiger partial charge in [0.1, 0.15) is 11.8 Å². The van der Waals surface area contributed by atoms with Crippen LogP contribution in [0.3, 0.4) is 0 Å². The summed E-state index contributed by atoms with van der Waals surface area (Å²) >= 11 is 0. The van der Waals surface area contributed by atoms with E-state index >= 15 is 0 Å². The standard InChI is InChI=1S/C19H28N2O5/c1-12(2)10-16(22)20-18(13(3)4)19(25)21(5)14-6-8-15(9-7-14)26-11-17(23)24/h6-9,12-13,18H,10-11H2,1-5H3,(H,20,22)(H,23,24). The van der Waals surface area contributed by atoms with Gasteiger partial charge in [0, 0.05) is 19.2 Å². The Labute approximate surface area is 154 Å². The summed E-state index contributed by atoms with van der Waals surface area (Å²) in [6.07, 6.45) is 0.371. The Balaban J connectivity index is 2.81. The van der Waals surface area contributed by atoms with E-state index in [9.17, 15) is 14.4 Å². The van der Waals surface area contributed by atoms with Crippen LogP contribution in [-0.4, -0.2) is 42.6 Å². The summed E-state index contributed by atoms with van der Waals surface area (Å²) in [5, 5.41) is 11.4. The molecule has 0 radical (unpaired) electrons. The van der Waals surface area contributed by atoms with Crippen LogP contribution in [0.5, 0.6) is 5.75 Å². The first-order chi connectivity index (χ1) is 12.1. The summed E-state index contributed by atoms with van der Waals surface area (Å²) in [7, 11) is 1.64. The van der Waals surface area contributed by atoms with Gasteiger partial charge in [0.25, 0.3) is 0 Å². The van der Waals surface area contributed by atoms with E-state index in [-0.39, 0.29) is 23.7 Å². The second-order valence-electron chi connectivity index (χ2n) is 6.96. The van der Waals surface area contributed by atoms with Gasteiger partial charge in [-0.1, -0.05) is 27.7 Å². The minimum absolute atomic E-state index is 0.0563. The molecule has 0 aromatic heterocycles. The number of anilines is 1. The first-order valence-corrected chi connectivity index (χ1v) is 8.63. The number of carboxylic acids is 1. The molecule has 0 heterocycles. The van der Waals surface area contributed by atoms with Crippen molar-refractivity contribution in [3.63, 3.8) is 0 Å². The third-order valence-electron chi connectivity index (χ3n) is 3.76. The van der Waals surface area contributed by atoms with Crippen molar-refractivity contribution in [2.45, 2.75) is 40.2 Å². The fourth-order valence-corrected chi connectivity index (χ4v) is 2.36. The fourth-order valence-electron chi connectivity index (χ4n) is 2.36. The van der Waals surface area contributed by atoms with Crippen LogP contribution in [0, 0.1) is 11.8 Å². The van der Waals surface area contributed by atoms with Crippen LogP contribution < -0.4 is 15.0 Å². The average Bonchev–Trinajstić information content (AvgIpc) is 2.56. The smallest absolute Gasteiger partial charge is 0.341 e. The molecule has 0 aliphatic carbocycles. The summed E-state index contributed by atoms with van der Waals surface area (Å²) in [6, 6.07) is 5.92. The molecule has 2 amide bonds. The molecular formula is C19H28N2O5. The van der Waals surface area contributed by atoms with Crippen molar-refractivity contribution in [1.29, 1.82) is 0 Å². The lowest BCUT2D eigenvalue weighted by Gasteiger charge is -2.27. The molecule has 1 rings (SSSR count). The van der Waals surface area contributed by atoms with E-state index < -0.39 is 18.6 Å². The monoisotopic (exact) mass is 364 g/mol. The molecular weight excluding hydrogens is 336 g/mol. The van der Waals surface area contributed by atoms with Crippen LogP contribution >= 0.6 is 0 Å². The predicted molar refractivity (Wildman–Crippen MR) is 99.2 cm³/mol. The molecule has 0 saturated carbocycles. The zero-order chi connectivity index (χ0) is 19.9. The van der Waals surface area contributed by atoms with E-state index in [2.05, 4.69) is 5.32 Å². The van der Waals surface area contributed by atoms with Crippen molar-refractivity contribution < 1.29 is 24.2 Å². The molecule has 144 valence electrons. The highest BCUT2D eigenvalue weighted by Crippen LogP contribution is 2.20. The Morgan fingerprint density at radius 2 is 1.69 bits per heavy atom. The van der Waals surface area contributed by atoms with Crippen LogP contribution in [0.15, 0.2) is 24.3 Å². The molecule has 0 bridgehead atoms. The van der Waals surface area contributed by atoms with Gasteiger partial charge in [-0.15, -0.1) is 0 Å². The lowest BCUT2D eigenvalue weighted by Crippen LogP contribution is -2.50. The number of hydrogen-bond acceptors (Lipinski definition) is 4. The third kappa shape index (κ3) is 6.74. The number of aliphatic carboxylic acids is 1. The molecule has 0 aliphatic rings. The number of likely N-dealkylation sites (N-methyl/N-ethyl adjacent to an activating group) is 1. The molecule has 0 fully saturated rings. The van der Waals surface area contributed by atoms with Gasteiger partial charge < -0.3 is 20.1 Å². The zero-order valence-corrected chi connectivity index (χ0v) is 16.0. The summed E-state index contributed by atoms with van der Waals surface area (Å²) in [5.41, 5.74) is 0.626. The summed E-state index contributed by atoms with van der Waals surface area (Å²) in [6.45, 7) is 7.24. The predicted octanol–water partition coefficient (Wildman–Crippen LogP) is 2.30. The van der Waals surface area contributed by atoms with E-state index in [1.807, 2.05) is 27.7 Å². The number of ether oxygens (including phenoxy) is 1. The van der Waals surface area contributed by atoms with Crippen LogP contribution in [0.2, 0.25) is 0 Å². The van der Waals surface area contributed by atoms with Crippen LogP contribution in [0.1, 0.15) is 34.1 Å². The van der Waals surface area contributed by atoms with E-state index in [1.54, 1.807) is 31.3 Å². The lowest BCUT2D eigenvalue weighted by molar-refractivity contribution is -0.139. The molecule has 7 heteroatoms. The van der Waals surface area contributed by atoms with Gasteiger partial charge in [-0.2, -0.15) is 0 Å². The van der Waals surface area contributed by atoms with Gasteiger partial charge in [0.05, 0.1) is 0 Å². The SMILES string of the molecule is CC(C)CC(=O)NC(C(=O)N(C)c1ccc(OCC(=O)O)cc1)C(C)C. The maximum atomic E-state index is 12.8. The van der Waals surface area contributed by atoms with Crippen LogP contribution in [0.25, 0.3) is 0 Å². The first kappa shape index (κ1) is 21.5. The molecule has 1 unspecified atom stereocenters. The molecule has 0 spiro atoms. The number of rotatable bonds is 9. The second-order valence-corrected chi connectivity index (χ2v) is 6.96. The molecule has 2 N–H and O–H groups in total. The molecule has 1 aromatic rings. The second kappa shape index (κ2) is 9.79. The number of benzene rings is 1. The van der Waals surface area contributed by atoms with E-state index in [1.165, 1.54) is 4.90 Å². The van der Waals surface area contributed by atoms with Crippen molar-refractivity contribution >= 4 is 23.5 Å². The Morgan fingerprint density at radius 3 is 2.15 bits per heavy atom. The van der Waals surface area contributed by atoms with Crippen molar-refractivity contribution in [2.24, 2.45) is 11.8 Å². The summed E-state index contributed by atoms with van der Waals surface area (Å²) in [5.74, 6) is -0.844. The largest absolute Gasteiger partial charge is 0.482 e. The molecule has 26 heavy (non-hydrogen) atoms. The maximum absolute atomic E-state index is 12.8. The molecule has 1 aromatic carbocycles. The van der Waals surface area contributed by atoms with Crippen molar-refractivity contribution in [3.8, 4) is 5.75 Å². The summed E-state index contributed by atoms with van der Waals surface area (Å²) < 4.78 is 5.08. The van der Waals surface area contributed by atoms with Crippen LogP contribution in [-0.2, 0) is 14.4 Å². The Kier molecular flexibility index (Phi) is 8.09. The number of nitrogens with one attached hydrogen (secondary N) is 1. The Bertz CT molecular complexity index is 625. The van der Waals surface area contributed by atoms with E-state index in [4.69, 9.17) is 9.84 Å². The topological polar surface area (TPSA) is 95.9 Å². The Hall–Kier alpha value is -2.57. The van der Waals surface area contributed by atoms with Crippen molar-refractivity contribution in [3.05, 3.63) is 24.3 Å². The Morgan fingerprint density at radius 1 is 1.12 bits per heavy atom. The van der Waals surface area contributed by atoms with Crippen molar-refractivity contribution in [1.82, 2.24) is 5.32 Å². The lowest BCUT2D eigenvalue weighted by atomic mass is 10.0. The van der Waals surface area contributed by atoms with Gasteiger partial charge in [-0.25, -0.2) is 4.79 Å². The van der Waals surface area contributed by atoms with Gasteiger partial charge in [-0.05, 0) is 36.1 Å². The van der Waals surface area contributed by atoms with Gasteiger partial charge in [0.15, 0.2) is 6.61 Å². The number of hydrogen-bond donors (Lipinski definition) is 2. The number of carboxylic acid groups (broad SMARTS) is 1. The van der Waals surface area contributed by atoms with Gasteiger partial charge in [-0.3, -0.25) is 9.59 Å². The third-order valence-corrected chi connectivity index (χ3v) is 3.76. The highest BCUT2D eigenvalue weighted by atomic mass is 16.5. The number of carbonyl (C=O) groups is 3. The highest BCUT2D eigenvalue weighted by molar-refractivity contribution is 5.99. The zero-order valence-electron chi connectivity index (χ0n) is 16.0. The number of amides is 2. The quantitative estimate of drug-likeness (QED) is 0.701. The minimum Gasteiger partial charge on any atom is -0.482 e. The van der Waals surface area contributed by atoms with Gasteiger partial charge in [0.2, 0.25) is 11.8 Å². The molecule has 7 nitrogen and oxygen atoms in total. The molecule has 0 saturated heterocycles. The normalized spacial score (nSPS) is 12.0. The van der Waals surface area contributed by atoms with Crippen molar-refractivity contribution in [2.75, 3.05) is 18.6 Å². The highest BCUT2D eigenvalue weighted by Gasteiger charge is 2.27. The molecule has 1 atom stereocenters. The van der Waals surface area contributed by atoms with E-state index in [0.717, 1.165) is 0 Å². The fraction of sp³-hybridized carbons (Fsp3) is 0.526. The average molecular weight is 364 g/mol. The van der Waals surface area contributed by atoms with E-state index in [0.29, 0.717) is 17.9 Å². The molecule has 0 aliphatic heterocycles. The number of carbonyl (C=O) groups excluding carboxylic acids is 2. The maximum Gasteiger partial charge on any atom is 0.341 e. The number of nitrogens with zero attached hydrogens (tertiary/aromatic N) is 1. The minimum atomic E-state index is -1.06.